The molecule has 0 unspecified atom stereocenters. The molecule has 5 rings (SSSR count). The lowest BCUT2D eigenvalue weighted by molar-refractivity contribution is 0.421. The smallest absolute Gasteiger partial charge is 0.260 e. The van der Waals surface area contributed by atoms with Crippen molar-refractivity contribution >= 4 is 34.6 Å². The van der Waals surface area contributed by atoms with Gasteiger partial charge in [-0.2, -0.15) is 9.37 Å². The van der Waals surface area contributed by atoms with E-state index in [1.54, 1.807) is 30.6 Å². The van der Waals surface area contributed by atoms with Gasteiger partial charge in [0.25, 0.3) is 5.88 Å². The second-order valence-electron chi connectivity index (χ2n) is 6.72. The third kappa shape index (κ3) is 4.04. The predicted molar refractivity (Wildman–Crippen MR) is 118 cm³/mol. The summed E-state index contributed by atoms with van der Waals surface area (Å²) in [4.78, 5) is 16.6. The average Bonchev–Trinajstić information content (AvgIpc) is 3.01. The van der Waals surface area contributed by atoms with Crippen molar-refractivity contribution in [1.82, 2.24) is 19.5 Å². The van der Waals surface area contributed by atoms with Gasteiger partial charge in [0.2, 0.25) is 11.8 Å². The van der Waals surface area contributed by atoms with Gasteiger partial charge in [0.05, 0.1) is 11.7 Å². The van der Waals surface area contributed by atoms with Crippen LogP contribution in [0, 0.1) is 5.82 Å². The molecule has 31 heavy (non-hydrogen) atoms. The minimum Gasteiger partial charge on any atom is -0.436 e. The van der Waals surface area contributed by atoms with Crippen LogP contribution in [0.4, 0.5) is 16.0 Å². The number of hydrogen-bond acceptors (Lipinski definition) is 6. The summed E-state index contributed by atoms with van der Waals surface area (Å²) in [6, 6.07) is 11.0. The summed E-state index contributed by atoms with van der Waals surface area (Å²) in [6.07, 6.45) is 15.0. The fourth-order valence-corrected chi connectivity index (χ4v) is 3.17. The molecule has 1 aliphatic rings. The molecule has 4 aromatic rings. The summed E-state index contributed by atoms with van der Waals surface area (Å²) in [5, 5.41) is 3.93. The van der Waals surface area contributed by atoms with Crippen LogP contribution in [-0.4, -0.2) is 25.7 Å². The van der Waals surface area contributed by atoms with Crippen LogP contribution in [0.15, 0.2) is 84.4 Å². The third-order valence-corrected chi connectivity index (χ3v) is 4.62. The Morgan fingerprint density at radius 3 is 2.90 bits per heavy atom. The molecular weight excluding hydrogens is 395 g/mol. The van der Waals surface area contributed by atoms with Crippen LogP contribution in [0.5, 0.6) is 11.6 Å². The second kappa shape index (κ2) is 8.19. The Labute approximate surface area is 177 Å². The van der Waals surface area contributed by atoms with Crippen LogP contribution < -0.4 is 10.1 Å². The van der Waals surface area contributed by atoms with E-state index in [-0.39, 0.29) is 11.8 Å². The zero-order valence-corrected chi connectivity index (χ0v) is 16.3. The first-order valence-corrected chi connectivity index (χ1v) is 9.64. The maximum Gasteiger partial charge on any atom is 0.260 e. The molecule has 1 aliphatic heterocycles. The van der Waals surface area contributed by atoms with Gasteiger partial charge in [0, 0.05) is 42.3 Å². The number of nitrogens with one attached hydrogen (secondary N) is 1. The van der Waals surface area contributed by atoms with E-state index in [0.29, 0.717) is 5.75 Å². The highest BCUT2D eigenvalue weighted by molar-refractivity contribution is 5.86. The summed E-state index contributed by atoms with van der Waals surface area (Å²) >= 11 is 0. The molecule has 152 valence electrons. The number of aromatic nitrogens is 4. The fraction of sp³-hybridized carbons (Fsp3) is 0.0435. The molecular formula is C23H17FN6O. The molecule has 0 atom stereocenters. The van der Waals surface area contributed by atoms with E-state index < -0.39 is 5.82 Å². The highest BCUT2D eigenvalue weighted by atomic mass is 19.1. The van der Waals surface area contributed by atoms with Gasteiger partial charge in [-0.05, 0) is 42.5 Å². The van der Waals surface area contributed by atoms with Gasteiger partial charge in [0.1, 0.15) is 11.6 Å². The summed E-state index contributed by atoms with van der Waals surface area (Å²) in [7, 11) is 0. The molecule has 1 aromatic carbocycles. The number of halogens is 1. The van der Waals surface area contributed by atoms with E-state index in [4.69, 9.17) is 4.74 Å². The number of benzene rings is 1. The molecule has 1 N–H and O–H groups in total. The Bertz CT molecular complexity index is 1330. The average molecular weight is 412 g/mol. The van der Waals surface area contributed by atoms with Crippen LogP contribution in [0.25, 0.3) is 16.7 Å². The minimum atomic E-state index is -0.650. The zero-order chi connectivity index (χ0) is 21.0. The topological polar surface area (TPSA) is 77.2 Å². The van der Waals surface area contributed by atoms with Crippen LogP contribution in [0.3, 0.4) is 0 Å². The van der Waals surface area contributed by atoms with Crippen molar-refractivity contribution in [1.29, 1.82) is 0 Å². The highest BCUT2D eigenvalue weighted by Crippen LogP contribution is 2.29. The van der Waals surface area contributed by atoms with Crippen LogP contribution in [-0.2, 0) is 0 Å². The van der Waals surface area contributed by atoms with Crippen molar-refractivity contribution < 1.29 is 9.13 Å². The molecule has 3 aromatic heterocycles. The van der Waals surface area contributed by atoms with Gasteiger partial charge in [-0.25, -0.2) is 9.98 Å². The molecule has 4 heterocycles. The number of anilines is 2. The normalized spacial score (nSPS) is 13.1. The molecule has 0 saturated carbocycles. The van der Waals surface area contributed by atoms with Gasteiger partial charge in [0.15, 0.2) is 0 Å². The maximum absolute atomic E-state index is 14.3. The molecule has 8 heteroatoms. The van der Waals surface area contributed by atoms with Crippen molar-refractivity contribution in [3.63, 3.8) is 0 Å². The number of rotatable bonds is 5. The SMILES string of the molecule is Fc1cnc(Nc2ccncc2)nc1Oc1ccc2c(ccn2C2=CC=CCC=N2)c1. The monoisotopic (exact) mass is 412 g/mol. The minimum absolute atomic E-state index is 0.161. The molecule has 0 aliphatic carbocycles. The standard InChI is InChI=1S/C23H17FN6O/c24-19-15-27-23(28-17-7-11-25-12-8-17)29-22(19)31-18-5-6-20-16(14-18)9-13-30(20)21-4-2-1-3-10-26-21/h1-2,4-15H,3H2,(H,25,27,28,29). The maximum atomic E-state index is 14.3. The quantitative estimate of drug-likeness (QED) is 0.479. The van der Waals surface area contributed by atoms with Gasteiger partial charge in [-0.15, -0.1) is 0 Å². The molecule has 0 fully saturated rings. The van der Waals surface area contributed by atoms with Crippen molar-refractivity contribution in [2.45, 2.75) is 6.42 Å². The first-order valence-electron chi connectivity index (χ1n) is 9.64. The summed E-state index contributed by atoms with van der Waals surface area (Å²) in [5.41, 5.74) is 1.70. The lowest BCUT2D eigenvalue weighted by Crippen LogP contribution is -2.01. The van der Waals surface area contributed by atoms with Crippen LogP contribution in [0.2, 0.25) is 0 Å². The van der Waals surface area contributed by atoms with E-state index in [1.165, 1.54) is 0 Å². The van der Waals surface area contributed by atoms with Crippen molar-refractivity contribution in [2.24, 2.45) is 4.99 Å². The van der Waals surface area contributed by atoms with Crippen molar-refractivity contribution in [3.05, 3.63) is 85.2 Å². The molecule has 7 nitrogen and oxygen atoms in total. The fourth-order valence-electron chi connectivity index (χ4n) is 3.17. The Balaban J connectivity index is 1.41. The van der Waals surface area contributed by atoms with Crippen LogP contribution >= 0.6 is 0 Å². The second-order valence-corrected chi connectivity index (χ2v) is 6.72. The van der Waals surface area contributed by atoms with Crippen molar-refractivity contribution in [3.8, 4) is 11.6 Å². The Morgan fingerprint density at radius 1 is 1.10 bits per heavy atom. The largest absolute Gasteiger partial charge is 0.436 e. The highest BCUT2D eigenvalue weighted by Gasteiger charge is 2.12. The number of hydrogen-bond donors (Lipinski definition) is 1. The summed E-state index contributed by atoms with van der Waals surface area (Å²) in [5.74, 6) is 0.706. The van der Waals surface area contributed by atoms with E-state index >= 15 is 0 Å². The third-order valence-electron chi connectivity index (χ3n) is 4.62. The number of fused-ring (bicyclic) bond motifs is 1. The Hall–Kier alpha value is -4.33. The number of nitrogens with zero attached hydrogens (tertiary/aromatic N) is 5. The number of pyridine rings is 1. The van der Waals surface area contributed by atoms with Gasteiger partial charge in [-0.1, -0.05) is 12.2 Å². The molecule has 0 radical (unpaired) electrons. The van der Waals surface area contributed by atoms with E-state index in [0.717, 1.165) is 35.0 Å². The lowest BCUT2D eigenvalue weighted by Gasteiger charge is -2.09. The lowest BCUT2D eigenvalue weighted by atomic mass is 10.2. The summed E-state index contributed by atoms with van der Waals surface area (Å²) in [6.45, 7) is 0. The summed E-state index contributed by atoms with van der Waals surface area (Å²) < 4.78 is 22.0. The Morgan fingerprint density at radius 2 is 2.00 bits per heavy atom. The first kappa shape index (κ1) is 18.7. The van der Waals surface area contributed by atoms with E-state index in [2.05, 4.69) is 25.3 Å². The van der Waals surface area contributed by atoms with Crippen LogP contribution in [0.1, 0.15) is 6.42 Å². The Kier molecular flexibility index (Phi) is 4.94. The number of aliphatic imine (C=N–C) groups is 1. The number of allylic oxidation sites excluding steroid dienone is 3. The van der Waals surface area contributed by atoms with E-state index in [9.17, 15) is 4.39 Å². The van der Waals surface area contributed by atoms with Crippen molar-refractivity contribution in [2.75, 3.05) is 5.32 Å². The molecule has 0 bridgehead atoms. The van der Waals surface area contributed by atoms with Gasteiger partial charge in [-0.3, -0.25) is 4.98 Å². The number of ether oxygens (including phenoxy) is 1. The zero-order valence-electron chi connectivity index (χ0n) is 16.3. The molecule has 0 saturated heterocycles. The molecule has 0 spiro atoms. The van der Waals surface area contributed by atoms with Gasteiger partial charge < -0.3 is 14.6 Å². The van der Waals surface area contributed by atoms with Gasteiger partial charge >= 0.3 is 0 Å². The molecule has 0 amide bonds. The predicted octanol–water partition coefficient (Wildman–Crippen LogP) is 5.33. The first-order chi connectivity index (χ1) is 15.3. The van der Waals surface area contributed by atoms with E-state index in [1.807, 2.05) is 53.4 Å².